The lowest BCUT2D eigenvalue weighted by Gasteiger charge is -2.32. The van der Waals surface area contributed by atoms with Crippen LogP contribution in [-0.2, 0) is 6.54 Å². The number of aryl methyl sites for hydroxylation is 1. The van der Waals surface area contributed by atoms with Crippen molar-refractivity contribution in [2.24, 2.45) is 0 Å². The number of likely N-dealkylation sites (tertiary alicyclic amines) is 1. The Bertz CT molecular complexity index is 399. The minimum Gasteiger partial charge on any atom is -0.338 e. The summed E-state index contributed by atoms with van der Waals surface area (Å²) < 4.78 is 41.6. The quantitative estimate of drug-likeness (QED) is 0.904. The predicted octanol–water partition coefficient (Wildman–Crippen LogP) is 1.49. The van der Waals surface area contributed by atoms with Crippen molar-refractivity contribution in [1.82, 2.24) is 20.4 Å². The molecular weight excluding hydrogens is 261 g/mol. The van der Waals surface area contributed by atoms with Crippen LogP contribution in [0.2, 0.25) is 0 Å². The largest absolute Gasteiger partial charge is 0.401 e. The van der Waals surface area contributed by atoms with Crippen LogP contribution in [0.1, 0.15) is 24.6 Å². The van der Waals surface area contributed by atoms with E-state index in [1.54, 1.807) is 6.92 Å². The van der Waals surface area contributed by atoms with E-state index in [9.17, 15) is 13.2 Å². The molecule has 2 rings (SSSR count). The monoisotopic (exact) mass is 278 g/mol. The summed E-state index contributed by atoms with van der Waals surface area (Å²) in [6.07, 6.45) is -2.71. The van der Waals surface area contributed by atoms with Gasteiger partial charge in [0.1, 0.15) is 0 Å². The molecular formula is C11H17F3N4O. The Hall–Kier alpha value is -1.15. The number of halogens is 3. The van der Waals surface area contributed by atoms with Crippen molar-refractivity contribution in [3.8, 4) is 0 Å². The van der Waals surface area contributed by atoms with Gasteiger partial charge in [-0.1, -0.05) is 5.16 Å². The zero-order valence-corrected chi connectivity index (χ0v) is 10.7. The molecule has 0 bridgehead atoms. The normalized spacial score (nSPS) is 18.9. The van der Waals surface area contributed by atoms with E-state index in [-0.39, 0.29) is 6.04 Å². The standard InChI is InChI=1S/C11H17F3N4O/c1-8-16-10(19-17-8)6-15-9-2-4-18(5-3-9)7-11(12,13)14/h9,15H,2-7H2,1H3. The van der Waals surface area contributed by atoms with Gasteiger partial charge in [-0.2, -0.15) is 18.2 Å². The minimum absolute atomic E-state index is 0.205. The number of nitrogens with zero attached hydrogens (tertiary/aromatic N) is 3. The van der Waals surface area contributed by atoms with Crippen molar-refractivity contribution in [3.05, 3.63) is 11.7 Å². The van der Waals surface area contributed by atoms with Crippen LogP contribution in [0.25, 0.3) is 0 Å². The number of rotatable bonds is 4. The predicted molar refractivity (Wildman–Crippen MR) is 61.4 cm³/mol. The molecule has 0 aliphatic carbocycles. The van der Waals surface area contributed by atoms with E-state index >= 15 is 0 Å². The van der Waals surface area contributed by atoms with Gasteiger partial charge in [-0.25, -0.2) is 0 Å². The molecule has 5 nitrogen and oxygen atoms in total. The summed E-state index contributed by atoms with van der Waals surface area (Å²) in [5, 5.41) is 6.90. The zero-order valence-electron chi connectivity index (χ0n) is 10.7. The van der Waals surface area contributed by atoms with Crippen molar-refractivity contribution < 1.29 is 17.7 Å². The summed E-state index contributed by atoms with van der Waals surface area (Å²) >= 11 is 0. The molecule has 1 aliphatic heterocycles. The van der Waals surface area contributed by atoms with Crippen molar-refractivity contribution in [2.45, 2.75) is 38.5 Å². The molecule has 0 unspecified atom stereocenters. The molecule has 2 heterocycles. The van der Waals surface area contributed by atoms with Crippen LogP contribution in [-0.4, -0.2) is 46.9 Å². The maximum Gasteiger partial charge on any atom is 0.401 e. The van der Waals surface area contributed by atoms with E-state index in [0.717, 1.165) is 0 Å². The number of nitrogens with one attached hydrogen (secondary N) is 1. The number of alkyl halides is 3. The molecule has 1 aromatic rings. The van der Waals surface area contributed by atoms with Crippen LogP contribution >= 0.6 is 0 Å². The Morgan fingerprint density at radius 2 is 2.05 bits per heavy atom. The third kappa shape index (κ3) is 4.79. The summed E-state index contributed by atoms with van der Waals surface area (Å²) in [7, 11) is 0. The summed E-state index contributed by atoms with van der Waals surface area (Å²) in [4.78, 5) is 5.50. The molecule has 8 heteroatoms. The molecule has 1 N–H and O–H groups in total. The van der Waals surface area contributed by atoms with Gasteiger partial charge in [-0.3, -0.25) is 4.90 Å². The summed E-state index contributed by atoms with van der Waals surface area (Å²) in [6.45, 7) is 2.30. The van der Waals surface area contributed by atoms with E-state index in [4.69, 9.17) is 4.52 Å². The molecule has 19 heavy (non-hydrogen) atoms. The Kier molecular flexibility index (Phi) is 4.41. The van der Waals surface area contributed by atoms with Crippen molar-refractivity contribution in [3.63, 3.8) is 0 Å². The van der Waals surface area contributed by atoms with Gasteiger partial charge in [0.15, 0.2) is 5.82 Å². The fourth-order valence-electron chi connectivity index (χ4n) is 2.19. The van der Waals surface area contributed by atoms with E-state index in [1.807, 2.05) is 0 Å². The maximum atomic E-state index is 12.2. The molecule has 108 valence electrons. The zero-order chi connectivity index (χ0) is 13.9. The second-order valence-electron chi connectivity index (χ2n) is 4.78. The SMILES string of the molecule is Cc1noc(CNC2CCN(CC(F)(F)F)CC2)n1. The Labute approximate surface area is 109 Å². The van der Waals surface area contributed by atoms with E-state index in [0.29, 0.717) is 44.2 Å². The van der Waals surface area contributed by atoms with Crippen molar-refractivity contribution in [2.75, 3.05) is 19.6 Å². The molecule has 0 aromatic carbocycles. The lowest BCUT2D eigenvalue weighted by atomic mass is 10.1. The fraction of sp³-hybridized carbons (Fsp3) is 0.818. The highest BCUT2D eigenvalue weighted by Gasteiger charge is 2.32. The highest BCUT2D eigenvalue weighted by molar-refractivity contribution is 4.85. The molecule has 1 fully saturated rings. The van der Waals surface area contributed by atoms with Crippen molar-refractivity contribution >= 4 is 0 Å². The van der Waals surface area contributed by atoms with Gasteiger partial charge in [-0.15, -0.1) is 0 Å². The van der Waals surface area contributed by atoms with Gasteiger partial charge < -0.3 is 9.84 Å². The van der Waals surface area contributed by atoms with Crippen LogP contribution in [0.15, 0.2) is 4.52 Å². The third-order valence-corrected chi connectivity index (χ3v) is 3.10. The third-order valence-electron chi connectivity index (χ3n) is 3.10. The molecule has 1 aromatic heterocycles. The fourth-order valence-corrected chi connectivity index (χ4v) is 2.19. The smallest absolute Gasteiger partial charge is 0.338 e. The molecule has 1 saturated heterocycles. The van der Waals surface area contributed by atoms with Gasteiger partial charge in [0.2, 0.25) is 5.89 Å². The molecule has 0 saturated carbocycles. The molecule has 0 spiro atoms. The number of piperidine rings is 1. The average molecular weight is 278 g/mol. The first-order valence-electron chi connectivity index (χ1n) is 6.24. The first kappa shape index (κ1) is 14.3. The first-order chi connectivity index (χ1) is 8.92. The molecule has 1 aliphatic rings. The first-order valence-corrected chi connectivity index (χ1v) is 6.24. The maximum absolute atomic E-state index is 12.2. The second kappa shape index (κ2) is 5.87. The Morgan fingerprint density at radius 1 is 1.37 bits per heavy atom. The number of hydrogen-bond acceptors (Lipinski definition) is 5. The molecule has 0 atom stereocenters. The van der Waals surface area contributed by atoms with Crippen LogP contribution < -0.4 is 5.32 Å². The average Bonchev–Trinajstić information content (AvgIpc) is 2.72. The topological polar surface area (TPSA) is 54.2 Å². The molecule has 0 amide bonds. The van der Waals surface area contributed by atoms with Gasteiger partial charge >= 0.3 is 6.18 Å². The van der Waals surface area contributed by atoms with Crippen LogP contribution in [0.4, 0.5) is 13.2 Å². The Morgan fingerprint density at radius 3 is 2.58 bits per heavy atom. The summed E-state index contributed by atoms with van der Waals surface area (Å²) in [5.41, 5.74) is 0. The summed E-state index contributed by atoms with van der Waals surface area (Å²) in [6, 6.07) is 0.205. The van der Waals surface area contributed by atoms with E-state index < -0.39 is 12.7 Å². The lowest BCUT2D eigenvalue weighted by molar-refractivity contribution is -0.148. The Balaban J connectivity index is 1.69. The van der Waals surface area contributed by atoms with E-state index in [2.05, 4.69) is 15.5 Å². The highest BCUT2D eigenvalue weighted by atomic mass is 19.4. The summed E-state index contributed by atoms with van der Waals surface area (Å²) in [5.74, 6) is 1.09. The highest BCUT2D eigenvalue weighted by Crippen LogP contribution is 2.19. The van der Waals surface area contributed by atoms with Crippen LogP contribution in [0, 0.1) is 6.92 Å². The van der Waals surface area contributed by atoms with Crippen LogP contribution in [0.5, 0.6) is 0 Å². The van der Waals surface area contributed by atoms with Gasteiger partial charge in [-0.05, 0) is 32.9 Å². The van der Waals surface area contributed by atoms with E-state index in [1.165, 1.54) is 4.90 Å². The van der Waals surface area contributed by atoms with Crippen LogP contribution in [0.3, 0.4) is 0 Å². The lowest BCUT2D eigenvalue weighted by Crippen LogP contribution is -2.45. The number of hydrogen-bond donors (Lipinski definition) is 1. The van der Waals surface area contributed by atoms with Gasteiger partial charge in [0.05, 0.1) is 13.1 Å². The van der Waals surface area contributed by atoms with Gasteiger partial charge in [0.25, 0.3) is 0 Å². The van der Waals surface area contributed by atoms with Crippen molar-refractivity contribution in [1.29, 1.82) is 0 Å². The second-order valence-corrected chi connectivity index (χ2v) is 4.78. The minimum atomic E-state index is -4.11. The van der Waals surface area contributed by atoms with Gasteiger partial charge in [0, 0.05) is 6.04 Å². The molecule has 0 radical (unpaired) electrons. The number of aromatic nitrogens is 2.